The molecule has 198 valence electrons. The van der Waals surface area contributed by atoms with Gasteiger partial charge in [-0.3, -0.25) is 4.79 Å². The Morgan fingerprint density at radius 3 is 2.00 bits per heavy atom. The zero-order valence-electron chi connectivity index (χ0n) is 20.3. The van der Waals surface area contributed by atoms with E-state index in [0.29, 0.717) is 43.4 Å². The highest BCUT2D eigenvalue weighted by molar-refractivity contribution is 5.73. The van der Waals surface area contributed by atoms with Crippen molar-refractivity contribution in [2.24, 2.45) is 5.92 Å². The van der Waals surface area contributed by atoms with Crippen molar-refractivity contribution in [3.8, 4) is 0 Å². The molecule has 1 N–H and O–H groups in total. The second-order valence-corrected chi connectivity index (χ2v) is 9.98. The van der Waals surface area contributed by atoms with E-state index in [2.05, 4.69) is 0 Å². The van der Waals surface area contributed by atoms with Crippen molar-refractivity contribution in [2.45, 2.75) is 81.8 Å². The number of carbonyl (C=O) groups is 1. The number of hydrogen-bond acceptors (Lipinski definition) is 3. The molecule has 0 saturated heterocycles. The first-order valence-electron chi connectivity index (χ1n) is 11.8. The van der Waals surface area contributed by atoms with Crippen molar-refractivity contribution in [1.29, 1.82) is 0 Å². The lowest BCUT2D eigenvalue weighted by atomic mass is 9.65. The number of ether oxygens (including phenoxy) is 1. The van der Waals surface area contributed by atoms with Gasteiger partial charge in [-0.1, -0.05) is 67.9 Å². The third kappa shape index (κ3) is 5.26. The van der Waals surface area contributed by atoms with Crippen LogP contribution in [0.4, 0.5) is 26.3 Å². The van der Waals surface area contributed by atoms with Gasteiger partial charge < -0.3 is 9.84 Å². The molecule has 9 heteroatoms. The summed E-state index contributed by atoms with van der Waals surface area (Å²) in [5.74, 6) is -1.01. The lowest BCUT2D eigenvalue weighted by molar-refractivity contribution is -0.376. The average molecular weight is 517 g/mol. The molecule has 0 radical (unpaired) electrons. The molecule has 3 atom stereocenters. The van der Waals surface area contributed by atoms with E-state index >= 15 is 0 Å². The fourth-order valence-corrected chi connectivity index (χ4v) is 5.29. The Labute approximate surface area is 206 Å². The normalized spacial score (nSPS) is 23.9. The predicted octanol–water partition coefficient (Wildman–Crippen LogP) is 7.18. The molecule has 0 aromatic heterocycles. The quantitative estimate of drug-likeness (QED) is 0.260. The molecule has 1 saturated carbocycles. The first-order chi connectivity index (χ1) is 16.6. The van der Waals surface area contributed by atoms with Gasteiger partial charge in [-0.15, -0.1) is 0 Å². The lowest BCUT2D eigenvalue weighted by Crippen LogP contribution is -2.53. The average Bonchev–Trinajstić information content (AvgIpc) is 2.97. The van der Waals surface area contributed by atoms with E-state index < -0.39 is 34.8 Å². The van der Waals surface area contributed by atoms with Gasteiger partial charge in [0.2, 0.25) is 0 Å². The number of alkyl halides is 6. The van der Waals surface area contributed by atoms with Crippen molar-refractivity contribution in [1.82, 2.24) is 0 Å². The van der Waals surface area contributed by atoms with Gasteiger partial charge >= 0.3 is 18.3 Å². The highest BCUT2D eigenvalue weighted by atomic mass is 19.4. The highest BCUT2D eigenvalue weighted by Gasteiger charge is 2.71. The summed E-state index contributed by atoms with van der Waals surface area (Å²) in [5, 5.41) is 9.75. The summed E-state index contributed by atoms with van der Waals surface area (Å²) < 4.78 is 85.5. The smallest absolute Gasteiger partial charge is 0.430 e. The van der Waals surface area contributed by atoms with E-state index in [9.17, 15) is 36.2 Å². The minimum atomic E-state index is -5.95. The summed E-state index contributed by atoms with van der Waals surface area (Å²) in [6, 6.07) is 13.2. The minimum Gasteiger partial charge on any atom is -0.463 e. The topological polar surface area (TPSA) is 46.5 Å². The Kier molecular flexibility index (Phi) is 7.84. The van der Waals surface area contributed by atoms with E-state index in [1.165, 1.54) is 12.1 Å². The molecule has 1 fully saturated rings. The molecule has 1 aliphatic carbocycles. The molecule has 3 rings (SSSR count). The first kappa shape index (κ1) is 28.0. The number of hydrogen-bond donors (Lipinski definition) is 1. The van der Waals surface area contributed by atoms with Crippen LogP contribution >= 0.6 is 0 Å². The molecular weight excluding hydrogens is 486 g/mol. The zero-order valence-corrected chi connectivity index (χ0v) is 20.3. The predicted molar refractivity (Wildman–Crippen MR) is 122 cm³/mol. The number of esters is 1. The maximum Gasteiger partial charge on any atom is 0.430 e. The maximum absolute atomic E-state index is 13.3. The largest absolute Gasteiger partial charge is 0.463 e. The fraction of sp³-hybridized carbons (Fsp3) is 0.519. The molecule has 36 heavy (non-hydrogen) atoms. The molecule has 0 heterocycles. The van der Waals surface area contributed by atoms with Crippen molar-refractivity contribution in [2.75, 3.05) is 0 Å². The highest BCUT2D eigenvalue weighted by Crippen LogP contribution is 2.52. The summed E-state index contributed by atoms with van der Waals surface area (Å²) in [6.45, 7) is 5.49. The Bertz CT molecular complexity index is 1020. The summed E-state index contributed by atoms with van der Waals surface area (Å²) >= 11 is 0. The molecule has 0 amide bonds. The SMILES string of the molecule is CC(C)OC(=O)C1CCC[C@@H](c2ccc(C(O)(C(F)(F)F)C(F)(F)F)cc2)[C@@](C)(c2ccccc2)C1. The molecule has 1 aliphatic rings. The second-order valence-electron chi connectivity index (χ2n) is 9.98. The van der Waals surface area contributed by atoms with E-state index in [4.69, 9.17) is 4.74 Å². The molecule has 0 aliphatic heterocycles. The summed E-state index contributed by atoms with van der Waals surface area (Å²) in [5.41, 5.74) is -5.47. The monoisotopic (exact) mass is 516 g/mol. The lowest BCUT2D eigenvalue weighted by Gasteiger charge is -2.39. The van der Waals surface area contributed by atoms with E-state index in [-0.39, 0.29) is 18.0 Å². The third-order valence-electron chi connectivity index (χ3n) is 7.15. The van der Waals surface area contributed by atoms with E-state index in [1.807, 2.05) is 37.3 Å². The van der Waals surface area contributed by atoms with Gasteiger partial charge in [0, 0.05) is 11.0 Å². The number of benzene rings is 2. The zero-order chi connectivity index (χ0) is 26.9. The number of carbonyl (C=O) groups excluding carboxylic acids is 1. The summed E-state index contributed by atoms with van der Waals surface area (Å²) in [6.07, 6.45) is -10.0. The Balaban J connectivity index is 2.05. The van der Waals surface area contributed by atoms with Crippen LogP contribution in [0.1, 0.15) is 69.1 Å². The van der Waals surface area contributed by atoms with Gasteiger partial charge in [-0.2, -0.15) is 26.3 Å². The van der Waals surface area contributed by atoms with Crippen LogP contribution in [0.25, 0.3) is 0 Å². The van der Waals surface area contributed by atoms with Gasteiger partial charge in [-0.05, 0) is 50.2 Å². The molecule has 3 nitrogen and oxygen atoms in total. The van der Waals surface area contributed by atoms with Crippen molar-refractivity contribution in [3.63, 3.8) is 0 Å². The van der Waals surface area contributed by atoms with Crippen molar-refractivity contribution in [3.05, 3.63) is 71.3 Å². The van der Waals surface area contributed by atoms with Gasteiger partial charge in [0.05, 0.1) is 12.0 Å². The van der Waals surface area contributed by atoms with Crippen LogP contribution in [-0.2, 0) is 20.5 Å². The Morgan fingerprint density at radius 2 is 1.50 bits per heavy atom. The second kappa shape index (κ2) is 10.1. The van der Waals surface area contributed by atoms with Crippen LogP contribution in [-0.4, -0.2) is 29.5 Å². The first-order valence-corrected chi connectivity index (χ1v) is 11.8. The van der Waals surface area contributed by atoms with Crippen LogP contribution in [0.3, 0.4) is 0 Å². The van der Waals surface area contributed by atoms with Crippen LogP contribution < -0.4 is 0 Å². The van der Waals surface area contributed by atoms with Crippen molar-refractivity contribution >= 4 is 5.97 Å². The fourth-order valence-electron chi connectivity index (χ4n) is 5.29. The Morgan fingerprint density at radius 1 is 0.944 bits per heavy atom. The van der Waals surface area contributed by atoms with Crippen LogP contribution in [0.5, 0.6) is 0 Å². The molecule has 2 aromatic rings. The summed E-state index contributed by atoms with van der Waals surface area (Å²) in [7, 11) is 0. The van der Waals surface area contributed by atoms with Gasteiger partial charge in [0.1, 0.15) is 0 Å². The molecule has 0 spiro atoms. The van der Waals surface area contributed by atoms with E-state index in [1.54, 1.807) is 13.8 Å². The van der Waals surface area contributed by atoms with Crippen molar-refractivity contribution < 1.29 is 41.0 Å². The maximum atomic E-state index is 13.3. The number of halogens is 6. The van der Waals surface area contributed by atoms with E-state index in [0.717, 1.165) is 5.56 Å². The third-order valence-corrected chi connectivity index (χ3v) is 7.15. The van der Waals surface area contributed by atoms with Crippen LogP contribution in [0.2, 0.25) is 0 Å². The molecule has 0 bridgehead atoms. The van der Waals surface area contributed by atoms with Gasteiger partial charge in [-0.25, -0.2) is 0 Å². The molecule has 2 aromatic carbocycles. The molecular formula is C27H30F6O3. The number of rotatable bonds is 5. The Hall–Kier alpha value is -2.55. The minimum absolute atomic E-state index is 0.284. The standard InChI is InChI=1S/C27H30F6O3/c1-17(2)36-23(34)19-8-7-11-22(24(3,16-19)20-9-5-4-6-10-20)18-12-14-21(15-13-18)25(35,26(28,29)30)27(31,32)33/h4-6,9-10,12-15,17,19,22,35H,7-8,11,16H2,1-3H3/t19?,22-,24+/m0/s1. The van der Waals surface area contributed by atoms with Crippen LogP contribution in [0, 0.1) is 5.92 Å². The van der Waals surface area contributed by atoms with Gasteiger partial charge in [0.25, 0.3) is 5.60 Å². The number of aliphatic hydroxyl groups is 1. The summed E-state index contributed by atoms with van der Waals surface area (Å²) in [4.78, 5) is 12.8. The molecule has 1 unspecified atom stereocenters. The van der Waals surface area contributed by atoms with Crippen LogP contribution in [0.15, 0.2) is 54.6 Å². The van der Waals surface area contributed by atoms with Gasteiger partial charge in [0.15, 0.2) is 0 Å².